The van der Waals surface area contributed by atoms with Crippen LogP contribution in [0.2, 0.25) is 5.15 Å². The van der Waals surface area contributed by atoms with E-state index in [0.717, 1.165) is 66.1 Å². The number of rotatable bonds is 14. The quantitative estimate of drug-likeness (QED) is 0.135. The second-order valence-electron chi connectivity index (χ2n) is 10.7. The number of aromatic nitrogens is 6. The van der Waals surface area contributed by atoms with Crippen LogP contribution in [0.4, 0.5) is 0 Å². The lowest BCUT2D eigenvalue weighted by atomic mass is 9.98. The van der Waals surface area contributed by atoms with E-state index in [1.807, 2.05) is 41.0 Å². The fraction of sp³-hybridized carbons (Fsp3) is 0.324. The van der Waals surface area contributed by atoms with E-state index in [4.69, 9.17) is 16.3 Å². The number of hydrogen-bond donors (Lipinski definition) is 1. The van der Waals surface area contributed by atoms with E-state index in [-0.39, 0.29) is 17.5 Å². The Morgan fingerprint density at radius 2 is 1.59 bits per heavy atom. The molecule has 0 fully saturated rings. The molecule has 3 aromatic carbocycles. The van der Waals surface area contributed by atoms with E-state index in [1.54, 1.807) is 0 Å². The van der Waals surface area contributed by atoms with Gasteiger partial charge in [-0.3, -0.25) is 4.90 Å². The van der Waals surface area contributed by atoms with Crippen LogP contribution in [0.3, 0.4) is 0 Å². The van der Waals surface area contributed by atoms with E-state index in [2.05, 4.69) is 87.7 Å². The zero-order valence-corrected chi connectivity index (χ0v) is 26.2. The average Bonchev–Trinajstić information content (AvgIpc) is 3.70. The number of benzene rings is 3. The number of carbonyl (C=O) groups excluding carboxylic acids is 1. The number of esters is 1. The molecule has 0 saturated heterocycles. The van der Waals surface area contributed by atoms with Crippen LogP contribution in [0.25, 0.3) is 22.5 Å². The molecule has 5 aromatic rings. The number of aromatic amines is 1. The summed E-state index contributed by atoms with van der Waals surface area (Å²) in [7, 11) is 0. The van der Waals surface area contributed by atoms with Gasteiger partial charge in [0, 0.05) is 25.1 Å². The second kappa shape index (κ2) is 14.9. The van der Waals surface area contributed by atoms with Gasteiger partial charge in [-0.2, -0.15) is 5.21 Å². The monoisotopic (exact) mass is 611 g/mol. The fourth-order valence-electron chi connectivity index (χ4n) is 5.20. The van der Waals surface area contributed by atoms with Crippen LogP contribution in [0.15, 0.2) is 72.8 Å². The average molecular weight is 612 g/mol. The summed E-state index contributed by atoms with van der Waals surface area (Å²) in [5.41, 5.74) is 6.35. The second-order valence-corrected chi connectivity index (χ2v) is 11.0. The number of ether oxygens (including phenoxy) is 1. The molecule has 0 saturated carbocycles. The van der Waals surface area contributed by atoms with Gasteiger partial charge in [0.25, 0.3) is 0 Å². The molecule has 0 unspecified atom stereocenters. The fourth-order valence-corrected chi connectivity index (χ4v) is 5.48. The lowest BCUT2D eigenvalue weighted by molar-refractivity contribution is 0.0460. The topological polar surface area (TPSA) is 102 Å². The number of halogens is 1. The van der Waals surface area contributed by atoms with Crippen molar-refractivity contribution in [2.75, 3.05) is 13.1 Å². The number of imidazole rings is 1. The SMILES string of the molecule is CCCCc1nc(Cl)c(C(=O)OCc2ccc(CN(CC)CC)cc2)n1Cc1ccc(-c2ccccc2-c2nn[nH]n2)cc1. The van der Waals surface area contributed by atoms with Crippen molar-refractivity contribution in [2.24, 2.45) is 0 Å². The van der Waals surface area contributed by atoms with Crippen LogP contribution in [-0.2, 0) is 30.9 Å². The minimum absolute atomic E-state index is 0.157. The molecule has 228 valence electrons. The molecule has 0 aliphatic heterocycles. The first-order valence-electron chi connectivity index (χ1n) is 15.1. The lowest BCUT2D eigenvalue weighted by Crippen LogP contribution is -2.22. The Hall–Kier alpha value is -4.34. The lowest BCUT2D eigenvalue weighted by Gasteiger charge is -2.18. The van der Waals surface area contributed by atoms with E-state index in [9.17, 15) is 4.79 Å². The van der Waals surface area contributed by atoms with Crippen molar-refractivity contribution in [1.29, 1.82) is 0 Å². The van der Waals surface area contributed by atoms with E-state index < -0.39 is 5.97 Å². The first kappa shape index (κ1) is 31.1. The van der Waals surface area contributed by atoms with Gasteiger partial charge in [-0.25, -0.2) is 9.78 Å². The largest absolute Gasteiger partial charge is 0.456 e. The molecule has 0 radical (unpaired) electrons. The molecule has 0 amide bonds. The predicted octanol–water partition coefficient (Wildman–Crippen LogP) is 6.97. The number of carbonyl (C=O) groups is 1. The van der Waals surface area contributed by atoms with Gasteiger partial charge in [0.05, 0.1) is 0 Å². The molecule has 0 aliphatic carbocycles. The normalized spacial score (nSPS) is 11.3. The Balaban J connectivity index is 1.33. The molecule has 1 N–H and O–H groups in total. The molecule has 10 heteroatoms. The van der Waals surface area contributed by atoms with Crippen molar-refractivity contribution in [1.82, 2.24) is 35.1 Å². The summed E-state index contributed by atoms with van der Waals surface area (Å²) < 4.78 is 7.66. The predicted molar refractivity (Wildman–Crippen MR) is 172 cm³/mol. The number of H-pyrrole nitrogens is 1. The van der Waals surface area contributed by atoms with Gasteiger partial charge in [0.2, 0.25) is 5.82 Å². The summed E-state index contributed by atoms with van der Waals surface area (Å²) in [4.78, 5) is 20.4. The van der Waals surface area contributed by atoms with Crippen LogP contribution in [-0.4, -0.2) is 54.1 Å². The first-order valence-corrected chi connectivity index (χ1v) is 15.5. The summed E-state index contributed by atoms with van der Waals surface area (Å²) in [6.07, 6.45) is 2.66. The Bertz CT molecular complexity index is 1640. The maximum Gasteiger partial charge on any atom is 0.358 e. The van der Waals surface area contributed by atoms with E-state index >= 15 is 0 Å². The highest BCUT2D eigenvalue weighted by atomic mass is 35.5. The van der Waals surface area contributed by atoms with Crippen LogP contribution in [0.5, 0.6) is 0 Å². The minimum atomic E-state index is -0.483. The zero-order valence-electron chi connectivity index (χ0n) is 25.5. The van der Waals surface area contributed by atoms with Crippen molar-refractivity contribution in [3.8, 4) is 22.5 Å². The first-order chi connectivity index (χ1) is 21.5. The third kappa shape index (κ3) is 7.41. The number of aryl methyl sites for hydroxylation is 1. The molecule has 0 bridgehead atoms. The number of unbranched alkanes of at least 4 members (excludes halogenated alkanes) is 1. The molecular weight excluding hydrogens is 574 g/mol. The van der Waals surface area contributed by atoms with Crippen molar-refractivity contribution in [2.45, 2.75) is 59.7 Å². The third-order valence-electron chi connectivity index (χ3n) is 7.76. The highest BCUT2D eigenvalue weighted by Gasteiger charge is 2.24. The third-order valence-corrected chi connectivity index (χ3v) is 8.03. The molecule has 44 heavy (non-hydrogen) atoms. The molecule has 2 aromatic heterocycles. The van der Waals surface area contributed by atoms with Crippen molar-refractivity contribution in [3.63, 3.8) is 0 Å². The summed E-state index contributed by atoms with van der Waals surface area (Å²) >= 11 is 6.58. The van der Waals surface area contributed by atoms with Gasteiger partial charge in [-0.05, 0) is 52.5 Å². The molecule has 0 atom stereocenters. The van der Waals surface area contributed by atoms with Crippen molar-refractivity contribution >= 4 is 17.6 Å². The summed E-state index contributed by atoms with van der Waals surface area (Å²) in [5, 5.41) is 14.7. The standard InChI is InChI=1S/C34H38ClN7O2/c1-4-7-12-30-36-32(35)31(34(43)44-23-26-15-13-24(14-16-26)21-41(5-2)6-3)42(30)22-25-17-19-27(20-18-25)28-10-8-9-11-29(28)33-37-39-40-38-33/h8-11,13-20H,4-7,12,21-23H2,1-3H3,(H,37,38,39,40). The number of hydrogen-bond acceptors (Lipinski definition) is 7. The van der Waals surface area contributed by atoms with Crippen LogP contribution < -0.4 is 0 Å². The van der Waals surface area contributed by atoms with Gasteiger partial charge in [-0.15, -0.1) is 10.2 Å². The van der Waals surface area contributed by atoms with Gasteiger partial charge in [0.15, 0.2) is 10.8 Å². The van der Waals surface area contributed by atoms with Gasteiger partial charge in [-0.1, -0.05) is 112 Å². The Morgan fingerprint density at radius 3 is 2.25 bits per heavy atom. The molecule has 0 aliphatic rings. The van der Waals surface area contributed by atoms with Crippen LogP contribution in [0, 0.1) is 0 Å². The van der Waals surface area contributed by atoms with Crippen LogP contribution >= 0.6 is 11.6 Å². The van der Waals surface area contributed by atoms with Gasteiger partial charge < -0.3 is 9.30 Å². The zero-order chi connectivity index (χ0) is 30.9. The van der Waals surface area contributed by atoms with Gasteiger partial charge >= 0.3 is 5.97 Å². The molecular formula is C34H38ClN7O2. The van der Waals surface area contributed by atoms with Crippen molar-refractivity contribution < 1.29 is 9.53 Å². The molecule has 2 heterocycles. The number of tetrazole rings is 1. The van der Waals surface area contributed by atoms with Gasteiger partial charge in [0.1, 0.15) is 12.4 Å². The molecule has 5 rings (SSSR count). The van der Waals surface area contributed by atoms with Crippen molar-refractivity contribution in [3.05, 3.63) is 106 Å². The minimum Gasteiger partial charge on any atom is -0.456 e. The maximum atomic E-state index is 13.4. The van der Waals surface area contributed by atoms with Crippen LogP contribution in [0.1, 0.15) is 66.6 Å². The Morgan fingerprint density at radius 1 is 0.909 bits per heavy atom. The number of nitrogens with one attached hydrogen (secondary N) is 1. The van der Waals surface area contributed by atoms with E-state index in [1.165, 1.54) is 5.56 Å². The molecule has 0 spiro atoms. The summed E-state index contributed by atoms with van der Waals surface area (Å²) in [6, 6.07) is 24.4. The highest BCUT2D eigenvalue weighted by molar-refractivity contribution is 6.32. The molecule has 9 nitrogen and oxygen atoms in total. The summed E-state index contributed by atoms with van der Waals surface area (Å²) in [5.74, 6) is 0.830. The van der Waals surface area contributed by atoms with E-state index in [0.29, 0.717) is 18.8 Å². The maximum absolute atomic E-state index is 13.4. The Labute approximate surface area is 263 Å². The highest BCUT2D eigenvalue weighted by Crippen LogP contribution is 2.30. The summed E-state index contributed by atoms with van der Waals surface area (Å²) in [6.45, 7) is 9.95. The Kier molecular flexibility index (Phi) is 10.5. The smallest absolute Gasteiger partial charge is 0.358 e. The number of nitrogens with zero attached hydrogens (tertiary/aromatic N) is 6.